The zero-order valence-corrected chi connectivity index (χ0v) is 12.6. The molecule has 0 radical (unpaired) electrons. The normalized spacial score (nSPS) is 12.7. The summed E-state index contributed by atoms with van der Waals surface area (Å²) in [6, 6.07) is 7.75. The summed E-state index contributed by atoms with van der Waals surface area (Å²) in [5.41, 5.74) is 7.68. The highest BCUT2D eigenvalue weighted by Gasteiger charge is 2.10. The second kappa shape index (κ2) is 7.49. The van der Waals surface area contributed by atoms with Gasteiger partial charge in [0.25, 0.3) is 0 Å². The van der Waals surface area contributed by atoms with E-state index in [1.165, 1.54) is 0 Å². The Balaban J connectivity index is 2.53. The van der Waals surface area contributed by atoms with Crippen molar-refractivity contribution < 1.29 is 0 Å². The maximum Gasteiger partial charge on any atom is 0.0992 e. The number of nitrogens with two attached hydrogens (primary N) is 1. The summed E-state index contributed by atoms with van der Waals surface area (Å²) in [5, 5.41) is 9.45. The quantitative estimate of drug-likeness (QED) is 0.871. The molecule has 0 aliphatic rings. The minimum absolute atomic E-state index is 0.235. The maximum atomic E-state index is 8.80. The highest BCUT2D eigenvalue weighted by Crippen LogP contribution is 2.19. The van der Waals surface area contributed by atoms with Gasteiger partial charge in [-0.2, -0.15) is 5.26 Å². The number of hydrogen-bond donors (Lipinski definition) is 1. The van der Waals surface area contributed by atoms with Crippen LogP contribution in [0.4, 0.5) is 0 Å². The molecule has 1 unspecified atom stereocenters. The van der Waals surface area contributed by atoms with E-state index >= 15 is 0 Å². The van der Waals surface area contributed by atoms with Crippen LogP contribution in [-0.4, -0.2) is 24.5 Å². The van der Waals surface area contributed by atoms with Gasteiger partial charge in [-0.15, -0.1) is 0 Å². The molecule has 0 aliphatic carbocycles. The van der Waals surface area contributed by atoms with Crippen molar-refractivity contribution in [1.29, 1.82) is 5.26 Å². The number of benzene rings is 1. The van der Waals surface area contributed by atoms with E-state index in [0.29, 0.717) is 16.5 Å². The number of rotatable bonds is 6. The molecule has 3 nitrogen and oxygen atoms in total. The molecule has 0 saturated heterocycles. The van der Waals surface area contributed by atoms with Gasteiger partial charge in [-0.1, -0.05) is 31.5 Å². The third-order valence-electron chi connectivity index (χ3n) is 3.32. The van der Waals surface area contributed by atoms with Crippen LogP contribution in [0.2, 0.25) is 5.02 Å². The van der Waals surface area contributed by atoms with E-state index in [1.807, 2.05) is 6.07 Å². The van der Waals surface area contributed by atoms with Crippen molar-refractivity contribution in [3.05, 3.63) is 34.3 Å². The molecular weight excluding hydrogens is 258 g/mol. The Hall–Kier alpha value is -1.08. The maximum absolute atomic E-state index is 8.80. The van der Waals surface area contributed by atoms with Crippen LogP contribution in [-0.2, 0) is 6.54 Å². The van der Waals surface area contributed by atoms with Crippen LogP contribution in [0.1, 0.15) is 31.4 Å². The Morgan fingerprint density at radius 2 is 2.11 bits per heavy atom. The molecule has 1 aromatic rings. The fraction of sp³-hybridized carbons (Fsp3) is 0.533. The molecule has 1 aromatic carbocycles. The molecule has 0 heterocycles. The van der Waals surface area contributed by atoms with E-state index < -0.39 is 0 Å². The van der Waals surface area contributed by atoms with E-state index in [4.69, 9.17) is 22.6 Å². The molecular formula is C15H22ClN3. The molecule has 0 bridgehead atoms. The van der Waals surface area contributed by atoms with Crippen LogP contribution >= 0.6 is 11.6 Å². The molecule has 1 rings (SSSR count). The first kappa shape index (κ1) is 16.0. The molecule has 104 valence electrons. The van der Waals surface area contributed by atoms with Crippen LogP contribution in [0, 0.1) is 17.2 Å². The van der Waals surface area contributed by atoms with Gasteiger partial charge < -0.3 is 10.6 Å². The Morgan fingerprint density at radius 1 is 1.42 bits per heavy atom. The van der Waals surface area contributed by atoms with Gasteiger partial charge in [0.15, 0.2) is 0 Å². The summed E-state index contributed by atoms with van der Waals surface area (Å²) in [4.78, 5) is 2.20. The monoisotopic (exact) mass is 279 g/mol. The fourth-order valence-corrected chi connectivity index (χ4v) is 2.06. The Labute approximate surface area is 121 Å². The van der Waals surface area contributed by atoms with Crippen LogP contribution in [0.5, 0.6) is 0 Å². The first-order valence-electron chi connectivity index (χ1n) is 6.56. The summed E-state index contributed by atoms with van der Waals surface area (Å²) < 4.78 is 0. The molecule has 0 aliphatic heterocycles. The summed E-state index contributed by atoms with van der Waals surface area (Å²) in [6.07, 6.45) is 0.974. The van der Waals surface area contributed by atoms with Crippen molar-refractivity contribution in [2.45, 2.75) is 32.9 Å². The summed E-state index contributed by atoms with van der Waals surface area (Å²) in [5.74, 6) is 0.506. The largest absolute Gasteiger partial charge is 0.327 e. The number of nitriles is 1. The van der Waals surface area contributed by atoms with E-state index in [2.05, 4.69) is 31.9 Å². The molecule has 0 amide bonds. The average molecular weight is 280 g/mol. The SMILES string of the molecule is CC(C)C(N)CCN(C)Cc1ccc(C#N)cc1Cl. The minimum atomic E-state index is 0.235. The number of halogens is 1. The standard InChI is InChI=1S/C15H22ClN3/c1-11(2)15(18)6-7-19(3)10-13-5-4-12(9-17)8-14(13)16/h4-5,8,11,15H,6-7,10,18H2,1-3H3. The van der Waals surface area contributed by atoms with Crippen LogP contribution in [0.25, 0.3) is 0 Å². The van der Waals surface area contributed by atoms with Crippen LogP contribution < -0.4 is 5.73 Å². The minimum Gasteiger partial charge on any atom is -0.327 e. The fourth-order valence-electron chi connectivity index (χ4n) is 1.82. The Morgan fingerprint density at radius 3 is 2.63 bits per heavy atom. The van der Waals surface area contributed by atoms with E-state index in [-0.39, 0.29) is 6.04 Å². The second-order valence-corrected chi connectivity index (χ2v) is 5.76. The van der Waals surface area contributed by atoms with Gasteiger partial charge in [0.1, 0.15) is 0 Å². The van der Waals surface area contributed by atoms with E-state index in [9.17, 15) is 0 Å². The summed E-state index contributed by atoms with van der Waals surface area (Å²) in [7, 11) is 2.06. The van der Waals surface area contributed by atoms with Crippen molar-refractivity contribution >= 4 is 11.6 Å². The van der Waals surface area contributed by atoms with Crippen molar-refractivity contribution in [3.63, 3.8) is 0 Å². The highest BCUT2D eigenvalue weighted by atomic mass is 35.5. The highest BCUT2D eigenvalue weighted by molar-refractivity contribution is 6.31. The van der Waals surface area contributed by atoms with Gasteiger partial charge in [-0.25, -0.2) is 0 Å². The van der Waals surface area contributed by atoms with Gasteiger partial charge in [-0.05, 0) is 43.6 Å². The lowest BCUT2D eigenvalue weighted by Crippen LogP contribution is -2.31. The van der Waals surface area contributed by atoms with E-state index in [0.717, 1.165) is 25.1 Å². The van der Waals surface area contributed by atoms with Crippen LogP contribution in [0.3, 0.4) is 0 Å². The summed E-state index contributed by atoms with van der Waals surface area (Å²) >= 11 is 6.16. The van der Waals surface area contributed by atoms with E-state index in [1.54, 1.807) is 12.1 Å². The lowest BCUT2D eigenvalue weighted by atomic mass is 10.0. The third-order valence-corrected chi connectivity index (χ3v) is 3.67. The number of nitrogens with zero attached hydrogens (tertiary/aromatic N) is 2. The second-order valence-electron chi connectivity index (χ2n) is 5.35. The van der Waals surface area contributed by atoms with Crippen molar-refractivity contribution in [2.24, 2.45) is 11.7 Å². The van der Waals surface area contributed by atoms with Gasteiger partial charge in [-0.3, -0.25) is 0 Å². The van der Waals surface area contributed by atoms with Gasteiger partial charge in [0.2, 0.25) is 0 Å². The first-order chi connectivity index (χ1) is 8.93. The van der Waals surface area contributed by atoms with Gasteiger partial charge >= 0.3 is 0 Å². The zero-order valence-electron chi connectivity index (χ0n) is 11.9. The van der Waals surface area contributed by atoms with Crippen LogP contribution in [0.15, 0.2) is 18.2 Å². The molecule has 4 heteroatoms. The topological polar surface area (TPSA) is 53.0 Å². The average Bonchev–Trinajstić information content (AvgIpc) is 2.38. The Bertz CT molecular complexity index is 451. The molecule has 1 atom stereocenters. The van der Waals surface area contributed by atoms with Crippen molar-refractivity contribution in [1.82, 2.24) is 4.90 Å². The smallest absolute Gasteiger partial charge is 0.0992 e. The molecule has 0 aromatic heterocycles. The van der Waals surface area contributed by atoms with Crippen molar-refractivity contribution in [3.8, 4) is 6.07 Å². The lowest BCUT2D eigenvalue weighted by Gasteiger charge is -2.21. The molecule has 0 fully saturated rings. The Kier molecular flexibility index (Phi) is 6.30. The molecule has 2 N–H and O–H groups in total. The zero-order chi connectivity index (χ0) is 14.4. The molecule has 19 heavy (non-hydrogen) atoms. The predicted molar refractivity (Wildman–Crippen MR) is 79.9 cm³/mol. The van der Waals surface area contributed by atoms with Gasteiger partial charge in [0, 0.05) is 17.6 Å². The molecule has 0 saturated carbocycles. The number of hydrogen-bond acceptors (Lipinski definition) is 3. The predicted octanol–water partition coefficient (Wildman–Crippen LogP) is 3.02. The van der Waals surface area contributed by atoms with Crippen molar-refractivity contribution in [2.75, 3.05) is 13.6 Å². The lowest BCUT2D eigenvalue weighted by molar-refractivity contribution is 0.296. The summed E-state index contributed by atoms with van der Waals surface area (Å²) in [6.45, 7) is 6.00. The first-order valence-corrected chi connectivity index (χ1v) is 6.94. The molecule has 0 spiro atoms. The van der Waals surface area contributed by atoms with Gasteiger partial charge in [0.05, 0.1) is 11.6 Å². The third kappa shape index (κ3) is 5.20.